The molecule has 1 saturated heterocycles. The molecule has 1 fully saturated rings. The number of benzene rings is 1. The standard InChI is InChI=1S/C18H21F3O7S/c1-17(18(19,20)21,10-29(23,24)25)28-16(22)13-3-2-12-7-14(5-4-11(12)6-13)26-8-15-9-27-15/h4-5,7,13,15H,2-3,6,8-10H2,1H3,(H,23,24,25). The van der Waals surface area contributed by atoms with Gasteiger partial charge in [-0.2, -0.15) is 21.6 Å². The second-order valence-corrected chi connectivity index (χ2v) is 8.97. The van der Waals surface area contributed by atoms with Crippen molar-refractivity contribution in [2.24, 2.45) is 5.92 Å². The Balaban J connectivity index is 1.67. The normalized spacial score (nSPS) is 23.6. The smallest absolute Gasteiger partial charge is 0.429 e. The van der Waals surface area contributed by atoms with Crippen molar-refractivity contribution in [3.05, 3.63) is 29.3 Å². The summed E-state index contributed by atoms with van der Waals surface area (Å²) in [6.07, 6.45) is -4.20. The molecule has 0 aromatic heterocycles. The molecule has 0 amide bonds. The topological polar surface area (TPSA) is 102 Å². The van der Waals surface area contributed by atoms with Crippen molar-refractivity contribution in [3.63, 3.8) is 0 Å². The Morgan fingerprint density at radius 3 is 2.59 bits per heavy atom. The van der Waals surface area contributed by atoms with Crippen LogP contribution in [0.25, 0.3) is 0 Å². The Labute approximate surface area is 165 Å². The summed E-state index contributed by atoms with van der Waals surface area (Å²) in [5, 5.41) is 0. The molecule has 7 nitrogen and oxygen atoms in total. The zero-order valence-electron chi connectivity index (χ0n) is 15.6. The number of rotatable bonds is 7. The van der Waals surface area contributed by atoms with Crippen molar-refractivity contribution >= 4 is 16.1 Å². The minimum atomic E-state index is -5.16. The third-order valence-corrected chi connectivity index (χ3v) is 5.88. The fraction of sp³-hybridized carbons (Fsp3) is 0.611. The fourth-order valence-corrected chi connectivity index (χ4v) is 4.12. The molecule has 3 unspecified atom stereocenters. The monoisotopic (exact) mass is 438 g/mol. The van der Waals surface area contributed by atoms with Crippen LogP contribution in [0, 0.1) is 5.92 Å². The number of halogens is 3. The average molecular weight is 438 g/mol. The van der Waals surface area contributed by atoms with Crippen LogP contribution in [0.2, 0.25) is 0 Å². The van der Waals surface area contributed by atoms with E-state index in [1.165, 1.54) is 0 Å². The molecule has 3 rings (SSSR count). The first kappa shape index (κ1) is 21.8. The molecule has 1 heterocycles. The highest BCUT2D eigenvalue weighted by Crippen LogP contribution is 2.37. The number of carbonyl (C=O) groups excluding carboxylic acids is 1. The van der Waals surface area contributed by atoms with Gasteiger partial charge in [-0.15, -0.1) is 0 Å². The van der Waals surface area contributed by atoms with Gasteiger partial charge < -0.3 is 14.2 Å². The molecule has 2 aliphatic rings. The van der Waals surface area contributed by atoms with E-state index in [0.717, 1.165) is 11.1 Å². The van der Waals surface area contributed by atoms with Crippen molar-refractivity contribution in [1.29, 1.82) is 0 Å². The van der Waals surface area contributed by atoms with Gasteiger partial charge in [0.2, 0.25) is 5.60 Å². The zero-order valence-corrected chi connectivity index (χ0v) is 16.4. The maximum atomic E-state index is 13.3. The van der Waals surface area contributed by atoms with E-state index in [1.807, 2.05) is 6.07 Å². The number of ether oxygens (including phenoxy) is 3. The van der Waals surface area contributed by atoms with E-state index in [1.54, 1.807) is 12.1 Å². The summed E-state index contributed by atoms with van der Waals surface area (Å²) in [6, 6.07) is 5.30. The van der Waals surface area contributed by atoms with Crippen LogP contribution in [0.1, 0.15) is 24.5 Å². The second-order valence-electron chi connectivity index (χ2n) is 7.51. The van der Waals surface area contributed by atoms with E-state index in [4.69, 9.17) is 14.0 Å². The van der Waals surface area contributed by atoms with Gasteiger partial charge in [0.25, 0.3) is 10.1 Å². The van der Waals surface area contributed by atoms with Crippen LogP contribution in [0.5, 0.6) is 5.75 Å². The van der Waals surface area contributed by atoms with Crippen LogP contribution < -0.4 is 4.74 Å². The molecule has 162 valence electrons. The van der Waals surface area contributed by atoms with E-state index in [0.29, 0.717) is 32.3 Å². The van der Waals surface area contributed by atoms with Gasteiger partial charge in [-0.05, 0) is 49.4 Å². The number of alkyl halides is 3. The Kier molecular flexibility index (Phi) is 5.85. The summed E-state index contributed by atoms with van der Waals surface area (Å²) >= 11 is 0. The van der Waals surface area contributed by atoms with E-state index < -0.39 is 39.5 Å². The van der Waals surface area contributed by atoms with Crippen LogP contribution in [0.3, 0.4) is 0 Å². The molecule has 0 bridgehead atoms. The van der Waals surface area contributed by atoms with Crippen molar-refractivity contribution in [2.45, 2.75) is 44.1 Å². The lowest BCUT2D eigenvalue weighted by Crippen LogP contribution is -2.52. The molecule has 0 saturated carbocycles. The van der Waals surface area contributed by atoms with Crippen LogP contribution >= 0.6 is 0 Å². The van der Waals surface area contributed by atoms with E-state index in [-0.39, 0.29) is 18.9 Å². The highest BCUT2D eigenvalue weighted by atomic mass is 32.2. The molecule has 1 N–H and O–H groups in total. The molecule has 1 aliphatic heterocycles. The summed E-state index contributed by atoms with van der Waals surface area (Å²) in [5.74, 6) is -3.11. The largest absolute Gasteiger partial charge is 0.491 e. The number of hydrogen-bond acceptors (Lipinski definition) is 6. The number of carbonyl (C=O) groups is 1. The maximum Gasteiger partial charge on any atom is 0.429 e. The van der Waals surface area contributed by atoms with Crippen LogP contribution in [-0.4, -0.2) is 55.8 Å². The molecular weight excluding hydrogens is 417 g/mol. The molecule has 1 aliphatic carbocycles. The number of hydrogen-bond donors (Lipinski definition) is 1. The predicted octanol–water partition coefficient (Wildman–Crippen LogP) is 2.32. The molecule has 29 heavy (non-hydrogen) atoms. The van der Waals surface area contributed by atoms with Crippen LogP contribution in [-0.2, 0) is 37.2 Å². The summed E-state index contributed by atoms with van der Waals surface area (Å²) in [7, 11) is -5.02. The van der Waals surface area contributed by atoms with E-state index in [2.05, 4.69) is 4.74 Å². The fourth-order valence-electron chi connectivity index (χ4n) is 3.20. The zero-order chi connectivity index (χ0) is 21.4. The number of esters is 1. The summed E-state index contributed by atoms with van der Waals surface area (Å²) in [5.41, 5.74) is -1.61. The first-order valence-electron chi connectivity index (χ1n) is 8.97. The van der Waals surface area contributed by atoms with E-state index >= 15 is 0 Å². The second kappa shape index (κ2) is 7.77. The number of fused-ring (bicyclic) bond motifs is 1. The Morgan fingerprint density at radius 2 is 2.00 bits per heavy atom. The van der Waals surface area contributed by atoms with Gasteiger partial charge in [-0.3, -0.25) is 9.35 Å². The van der Waals surface area contributed by atoms with Crippen molar-refractivity contribution in [1.82, 2.24) is 0 Å². The quantitative estimate of drug-likeness (QED) is 0.396. The molecule has 0 spiro atoms. The number of aryl methyl sites for hydroxylation is 1. The predicted molar refractivity (Wildman–Crippen MR) is 94.2 cm³/mol. The highest BCUT2D eigenvalue weighted by molar-refractivity contribution is 7.85. The molecule has 1 aromatic carbocycles. The van der Waals surface area contributed by atoms with Gasteiger partial charge >= 0.3 is 12.1 Å². The highest BCUT2D eigenvalue weighted by Gasteiger charge is 2.57. The summed E-state index contributed by atoms with van der Waals surface area (Å²) in [6.45, 7) is 1.54. The molecule has 3 atom stereocenters. The minimum absolute atomic E-state index is 0.107. The third-order valence-electron chi connectivity index (χ3n) is 4.96. The lowest BCUT2D eigenvalue weighted by Gasteiger charge is -2.33. The van der Waals surface area contributed by atoms with Crippen LogP contribution in [0.4, 0.5) is 13.2 Å². The van der Waals surface area contributed by atoms with Crippen molar-refractivity contribution in [3.8, 4) is 5.75 Å². The lowest BCUT2D eigenvalue weighted by atomic mass is 9.83. The van der Waals surface area contributed by atoms with Gasteiger partial charge in [0.05, 0.1) is 12.5 Å². The lowest BCUT2D eigenvalue weighted by molar-refractivity contribution is -0.258. The summed E-state index contributed by atoms with van der Waals surface area (Å²) in [4.78, 5) is 12.4. The third kappa shape index (κ3) is 5.61. The van der Waals surface area contributed by atoms with E-state index in [9.17, 15) is 26.4 Å². The Bertz CT molecular complexity index is 880. The van der Waals surface area contributed by atoms with Crippen molar-refractivity contribution < 1.29 is 45.1 Å². The van der Waals surface area contributed by atoms with Gasteiger partial charge in [-0.1, -0.05) is 6.07 Å². The average Bonchev–Trinajstić information content (AvgIpc) is 3.41. The molecular formula is C18H21F3O7S. The minimum Gasteiger partial charge on any atom is -0.491 e. The molecule has 11 heteroatoms. The SMILES string of the molecule is CC(CS(=O)(=O)O)(OC(=O)C1CCc2cc(OCC3CO3)ccc2C1)C(F)(F)F. The van der Waals surface area contributed by atoms with Crippen molar-refractivity contribution in [2.75, 3.05) is 19.0 Å². The Morgan fingerprint density at radius 1 is 1.31 bits per heavy atom. The maximum absolute atomic E-state index is 13.3. The van der Waals surface area contributed by atoms with Gasteiger partial charge in [0.15, 0.2) is 0 Å². The van der Waals surface area contributed by atoms with Crippen LogP contribution in [0.15, 0.2) is 18.2 Å². The van der Waals surface area contributed by atoms with Gasteiger partial charge in [-0.25, -0.2) is 0 Å². The molecule has 0 radical (unpaired) electrons. The summed E-state index contributed by atoms with van der Waals surface area (Å²) < 4.78 is 86.0. The van der Waals surface area contributed by atoms with Gasteiger partial charge in [0, 0.05) is 0 Å². The number of epoxide rings is 1. The molecule has 1 aromatic rings. The van der Waals surface area contributed by atoms with Gasteiger partial charge in [0.1, 0.15) is 24.2 Å². The first-order valence-corrected chi connectivity index (χ1v) is 10.6. The first-order chi connectivity index (χ1) is 13.4. The Hall–Kier alpha value is -1.85.